The number of aliphatic imine (C=N–C) groups is 1. The highest BCUT2D eigenvalue weighted by molar-refractivity contribution is 5.98. The first kappa shape index (κ1) is 22.2. The summed E-state index contributed by atoms with van der Waals surface area (Å²) >= 11 is 0. The second-order valence-electron chi connectivity index (χ2n) is 9.20. The summed E-state index contributed by atoms with van der Waals surface area (Å²) < 4.78 is 5.67. The van der Waals surface area contributed by atoms with Crippen molar-refractivity contribution in [3.8, 4) is 5.75 Å². The minimum atomic E-state index is -0.0723. The molecule has 0 saturated carbocycles. The van der Waals surface area contributed by atoms with Gasteiger partial charge in [-0.25, -0.2) is 4.99 Å². The fourth-order valence-electron chi connectivity index (χ4n) is 4.97. The Labute approximate surface area is 199 Å². The number of hydrogen-bond donors (Lipinski definition) is 3. The molecule has 2 aliphatic heterocycles. The zero-order chi connectivity index (χ0) is 23.5. The zero-order valence-electron chi connectivity index (χ0n) is 19.2. The van der Waals surface area contributed by atoms with Crippen molar-refractivity contribution in [3.63, 3.8) is 0 Å². The van der Waals surface area contributed by atoms with Crippen molar-refractivity contribution < 1.29 is 14.3 Å². The number of carbonyl (C=O) groups excluding carboxylic acids is 2. The molecule has 2 atom stereocenters. The maximum absolute atomic E-state index is 13.0. The summed E-state index contributed by atoms with van der Waals surface area (Å²) in [4.78, 5) is 28.8. The quantitative estimate of drug-likeness (QED) is 0.617. The Bertz CT molecular complexity index is 1170. The van der Waals surface area contributed by atoms with E-state index in [-0.39, 0.29) is 29.9 Å². The predicted molar refractivity (Wildman–Crippen MR) is 132 cm³/mol. The summed E-state index contributed by atoms with van der Waals surface area (Å²) in [6, 6.07) is 12.1. The fourth-order valence-corrected chi connectivity index (χ4v) is 4.97. The van der Waals surface area contributed by atoms with Gasteiger partial charge in [-0.15, -0.1) is 0 Å². The maximum Gasteiger partial charge on any atom is 0.251 e. The van der Waals surface area contributed by atoms with Crippen LogP contribution in [0.3, 0.4) is 0 Å². The number of allylic oxidation sites excluding steroid dienone is 1. The lowest BCUT2D eigenvalue weighted by atomic mass is 10.0. The number of nitrogens with zero attached hydrogens (tertiary/aromatic N) is 1. The van der Waals surface area contributed by atoms with Crippen molar-refractivity contribution in [1.29, 1.82) is 0 Å². The molecule has 0 fully saturated rings. The molecule has 7 nitrogen and oxygen atoms in total. The van der Waals surface area contributed by atoms with Crippen LogP contribution in [-0.2, 0) is 17.6 Å². The van der Waals surface area contributed by atoms with Gasteiger partial charge in [0.05, 0.1) is 18.7 Å². The first-order valence-corrected chi connectivity index (χ1v) is 12.0. The summed E-state index contributed by atoms with van der Waals surface area (Å²) in [6.45, 7) is 0.745. The van der Waals surface area contributed by atoms with E-state index in [0.29, 0.717) is 12.0 Å². The molecule has 0 radical (unpaired) electrons. The Morgan fingerprint density at radius 1 is 1.21 bits per heavy atom. The number of benzene rings is 2. The molecule has 4 N–H and O–H groups in total. The molecule has 34 heavy (non-hydrogen) atoms. The van der Waals surface area contributed by atoms with Crippen LogP contribution in [0.15, 0.2) is 47.5 Å². The summed E-state index contributed by atoms with van der Waals surface area (Å²) in [7, 11) is 0. The molecule has 2 aromatic rings. The van der Waals surface area contributed by atoms with Crippen molar-refractivity contribution in [2.75, 3.05) is 6.61 Å². The number of amides is 2. The Morgan fingerprint density at radius 2 is 2.12 bits per heavy atom. The Hall–Kier alpha value is -3.61. The Morgan fingerprint density at radius 3 is 3.00 bits per heavy atom. The lowest BCUT2D eigenvalue weighted by Crippen LogP contribution is -2.43. The van der Waals surface area contributed by atoms with Gasteiger partial charge < -0.3 is 15.8 Å². The van der Waals surface area contributed by atoms with E-state index >= 15 is 0 Å². The van der Waals surface area contributed by atoms with Gasteiger partial charge in [0.1, 0.15) is 5.75 Å². The number of fused-ring (bicyclic) bond motifs is 2. The summed E-state index contributed by atoms with van der Waals surface area (Å²) in [5.41, 5.74) is 11.0. The van der Waals surface area contributed by atoms with Gasteiger partial charge in [0.25, 0.3) is 5.91 Å². The maximum atomic E-state index is 13.0. The van der Waals surface area contributed by atoms with E-state index in [1.54, 1.807) is 0 Å². The van der Waals surface area contributed by atoms with Crippen molar-refractivity contribution in [2.24, 2.45) is 10.7 Å². The van der Waals surface area contributed by atoms with E-state index in [1.807, 2.05) is 18.2 Å². The van der Waals surface area contributed by atoms with Gasteiger partial charge in [-0.2, -0.15) is 0 Å². The largest absolute Gasteiger partial charge is 0.493 e. The third-order valence-corrected chi connectivity index (χ3v) is 6.71. The van der Waals surface area contributed by atoms with E-state index < -0.39 is 0 Å². The van der Waals surface area contributed by atoms with Gasteiger partial charge >= 0.3 is 0 Å². The highest BCUT2D eigenvalue weighted by atomic mass is 16.5. The fraction of sp³-hybridized carbons (Fsp3) is 0.370. The second-order valence-corrected chi connectivity index (χ2v) is 9.20. The first-order chi connectivity index (χ1) is 16.5. The molecule has 176 valence electrons. The third-order valence-electron chi connectivity index (χ3n) is 6.71. The highest BCUT2D eigenvalue weighted by Gasteiger charge is 2.25. The number of rotatable bonds is 6. The van der Waals surface area contributed by atoms with Crippen LogP contribution in [0.4, 0.5) is 0 Å². The first-order valence-electron chi connectivity index (χ1n) is 12.0. The van der Waals surface area contributed by atoms with Gasteiger partial charge in [0.15, 0.2) is 5.96 Å². The van der Waals surface area contributed by atoms with Crippen molar-refractivity contribution >= 4 is 23.8 Å². The molecule has 0 spiro atoms. The average Bonchev–Trinajstić information content (AvgIpc) is 3.23. The van der Waals surface area contributed by atoms with Crippen molar-refractivity contribution in [2.45, 2.75) is 57.0 Å². The molecule has 0 aromatic heterocycles. The Balaban J connectivity index is 1.21. The van der Waals surface area contributed by atoms with E-state index in [2.05, 4.69) is 46.0 Å². The van der Waals surface area contributed by atoms with E-state index in [0.717, 1.165) is 62.0 Å². The van der Waals surface area contributed by atoms with Crippen LogP contribution in [0.5, 0.6) is 5.75 Å². The summed E-state index contributed by atoms with van der Waals surface area (Å²) in [5.74, 6) is 0.994. The average molecular weight is 459 g/mol. The van der Waals surface area contributed by atoms with Crippen LogP contribution in [0.1, 0.15) is 70.8 Å². The Kier molecular flexibility index (Phi) is 6.34. The normalized spacial score (nSPS) is 21.3. The van der Waals surface area contributed by atoms with Crippen molar-refractivity contribution in [3.05, 3.63) is 70.3 Å². The minimum absolute atomic E-state index is 0.0150. The van der Waals surface area contributed by atoms with Gasteiger partial charge in [0.2, 0.25) is 5.91 Å². The molecule has 2 aromatic carbocycles. The predicted octanol–water partition coefficient (Wildman–Crippen LogP) is 3.43. The SMILES string of the molecule is NC1=NC(CC/C=C\c2ccc3c(c2)C(NC(=O)c2ccc4c(c2)CCCO4)CC3)CC(=O)N1. The van der Waals surface area contributed by atoms with Crippen LogP contribution in [0, 0.1) is 0 Å². The number of nitrogens with one attached hydrogen (secondary N) is 2. The number of nitrogens with two attached hydrogens (primary N) is 1. The van der Waals surface area contributed by atoms with Crippen LogP contribution in [0.25, 0.3) is 6.08 Å². The van der Waals surface area contributed by atoms with Crippen LogP contribution in [0.2, 0.25) is 0 Å². The molecule has 1 aliphatic carbocycles. The number of aryl methyl sites for hydroxylation is 2. The van der Waals surface area contributed by atoms with Gasteiger partial charge in [-0.05, 0) is 85.0 Å². The molecular weight excluding hydrogens is 428 g/mol. The number of guanidine groups is 1. The van der Waals surface area contributed by atoms with Gasteiger partial charge in [0, 0.05) is 12.0 Å². The second kappa shape index (κ2) is 9.71. The number of hydrogen-bond acceptors (Lipinski definition) is 5. The zero-order valence-corrected chi connectivity index (χ0v) is 19.2. The summed E-state index contributed by atoms with van der Waals surface area (Å²) in [6.07, 6.45) is 9.99. The topological polar surface area (TPSA) is 106 Å². The van der Waals surface area contributed by atoms with Gasteiger partial charge in [-0.3, -0.25) is 14.9 Å². The summed E-state index contributed by atoms with van der Waals surface area (Å²) in [5, 5.41) is 5.76. The lowest BCUT2D eigenvalue weighted by molar-refractivity contribution is -0.120. The monoisotopic (exact) mass is 458 g/mol. The molecule has 0 saturated heterocycles. The molecule has 2 amide bonds. The van der Waals surface area contributed by atoms with E-state index in [4.69, 9.17) is 10.5 Å². The van der Waals surface area contributed by atoms with Crippen molar-refractivity contribution in [1.82, 2.24) is 10.6 Å². The van der Waals surface area contributed by atoms with Gasteiger partial charge in [-0.1, -0.05) is 24.3 Å². The minimum Gasteiger partial charge on any atom is -0.493 e. The molecule has 7 heteroatoms. The van der Waals surface area contributed by atoms with E-state index in [1.165, 1.54) is 11.1 Å². The molecule has 2 heterocycles. The molecule has 5 rings (SSSR count). The lowest BCUT2D eigenvalue weighted by Gasteiger charge is -2.19. The van der Waals surface area contributed by atoms with E-state index in [9.17, 15) is 9.59 Å². The molecule has 0 bridgehead atoms. The smallest absolute Gasteiger partial charge is 0.251 e. The molecule has 2 unspecified atom stereocenters. The van der Waals surface area contributed by atoms with Crippen LogP contribution < -0.4 is 21.1 Å². The van der Waals surface area contributed by atoms with Crippen LogP contribution in [-0.4, -0.2) is 30.4 Å². The molecule has 3 aliphatic rings. The standard InChI is InChI=1S/C27H30N4O3/c28-27-29-21(16-25(32)31-27)6-2-1-4-17-7-8-18-9-11-23(22(18)14-17)30-26(33)20-10-12-24-19(15-20)5-3-13-34-24/h1,4,7-8,10,12,14-15,21,23H,2-3,5-6,9,11,13,16H2,(H,30,33)(H3,28,29,31,32)/b4-1-. The third kappa shape index (κ3) is 4.98. The highest BCUT2D eigenvalue weighted by Crippen LogP contribution is 2.33. The van der Waals surface area contributed by atoms with Crippen LogP contribution >= 0.6 is 0 Å². The number of carbonyl (C=O) groups is 2. The number of ether oxygens (including phenoxy) is 1. The molecular formula is C27H30N4O3.